The molecule has 2 nitrogen and oxygen atoms in total. The lowest BCUT2D eigenvalue weighted by atomic mass is 9.82. The Bertz CT molecular complexity index is 276. The SMILES string of the molecule is CC1CC(C)CC(OC(=O)CC2(CS)CC2)C1. The van der Waals surface area contributed by atoms with Gasteiger partial charge in [0.15, 0.2) is 0 Å². The molecule has 2 fully saturated rings. The molecule has 0 aliphatic heterocycles. The van der Waals surface area contributed by atoms with Crippen molar-refractivity contribution in [3.05, 3.63) is 0 Å². The molecule has 2 atom stereocenters. The number of carbonyl (C=O) groups is 1. The van der Waals surface area contributed by atoms with Gasteiger partial charge in [-0.3, -0.25) is 4.79 Å². The molecule has 0 aromatic rings. The van der Waals surface area contributed by atoms with Crippen molar-refractivity contribution in [1.29, 1.82) is 0 Å². The summed E-state index contributed by atoms with van der Waals surface area (Å²) >= 11 is 4.33. The van der Waals surface area contributed by atoms with Crippen molar-refractivity contribution in [2.45, 2.75) is 58.5 Å². The number of carbonyl (C=O) groups excluding carboxylic acids is 1. The minimum absolute atomic E-state index is 0.00264. The monoisotopic (exact) mass is 256 g/mol. The standard InChI is InChI=1S/C14H24O2S/c1-10-5-11(2)7-12(6-10)16-13(15)8-14(9-17)3-4-14/h10-12,17H,3-9H2,1-2H3. The van der Waals surface area contributed by atoms with Crippen LogP contribution in [0.1, 0.15) is 52.4 Å². The van der Waals surface area contributed by atoms with E-state index in [0.29, 0.717) is 18.3 Å². The topological polar surface area (TPSA) is 26.3 Å². The van der Waals surface area contributed by atoms with Gasteiger partial charge < -0.3 is 4.74 Å². The van der Waals surface area contributed by atoms with E-state index in [9.17, 15) is 4.79 Å². The van der Waals surface area contributed by atoms with Crippen LogP contribution in [0.5, 0.6) is 0 Å². The quantitative estimate of drug-likeness (QED) is 0.616. The van der Waals surface area contributed by atoms with E-state index in [1.54, 1.807) is 0 Å². The zero-order valence-corrected chi connectivity index (χ0v) is 11.8. The summed E-state index contributed by atoms with van der Waals surface area (Å²) in [6.45, 7) is 4.51. The molecular weight excluding hydrogens is 232 g/mol. The maximum absolute atomic E-state index is 11.9. The summed E-state index contributed by atoms with van der Waals surface area (Å²) in [4.78, 5) is 11.9. The first-order chi connectivity index (χ1) is 8.03. The van der Waals surface area contributed by atoms with E-state index in [0.717, 1.165) is 31.4 Å². The zero-order valence-electron chi connectivity index (χ0n) is 10.9. The Hall–Kier alpha value is -0.180. The van der Waals surface area contributed by atoms with E-state index in [2.05, 4.69) is 26.5 Å². The van der Waals surface area contributed by atoms with Crippen molar-refractivity contribution in [3.63, 3.8) is 0 Å². The largest absolute Gasteiger partial charge is 0.462 e. The number of thiol groups is 1. The van der Waals surface area contributed by atoms with Crippen molar-refractivity contribution >= 4 is 18.6 Å². The van der Waals surface area contributed by atoms with Crippen molar-refractivity contribution in [1.82, 2.24) is 0 Å². The van der Waals surface area contributed by atoms with Gasteiger partial charge in [0, 0.05) is 0 Å². The molecule has 0 aromatic heterocycles. The summed E-state index contributed by atoms with van der Waals surface area (Å²) in [6.07, 6.45) is 6.39. The van der Waals surface area contributed by atoms with Crippen molar-refractivity contribution in [2.24, 2.45) is 17.3 Å². The number of hydrogen-bond donors (Lipinski definition) is 1. The lowest BCUT2D eigenvalue weighted by Gasteiger charge is -2.31. The van der Waals surface area contributed by atoms with E-state index in [-0.39, 0.29) is 17.5 Å². The minimum Gasteiger partial charge on any atom is -0.462 e. The summed E-state index contributed by atoms with van der Waals surface area (Å²) < 4.78 is 5.64. The lowest BCUT2D eigenvalue weighted by molar-refractivity contribution is -0.153. The Morgan fingerprint density at radius 2 is 1.82 bits per heavy atom. The van der Waals surface area contributed by atoms with Gasteiger partial charge in [0.05, 0.1) is 6.42 Å². The molecule has 2 unspecified atom stereocenters. The molecule has 2 aliphatic rings. The molecule has 0 aromatic carbocycles. The van der Waals surface area contributed by atoms with Crippen LogP contribution < -0.4 is 0 Å². The van der Waals surface area contributed by atoms with E-state index in [1.165, 1.54) is 6.42 Å². The highest BCUT2D eigenvalue weighted by Gasteiger charge is 2.43. The predicted molar refractivity (Wildman–Crippen MR) is 72.2 cm³/mol. The molecule has 0 bridgehead atoms. The molecule has 3 heteroatoms. The molecule has 0 spiro atoms. The third-order valence-corrected chi connectivity index (χ3v) is 4.92. The highest BCUT2D eigenvalue weighted by molar-refractivity contribution is 7.80. The second-order valence-electron chi connectivity index (χ2n) is 6.36. The summed E-state index contributed by atoms with van der Waals surface area (Å²) in [5.74, 6) is 2.20. The Morgan fingerprint density at radius 1 is 1.24 bits per heavy atom. The third-order valence-electron chi connectivity index (χ3n) is 4.25. The Balaban J connectivity index is 1.78. The van der Waals surface area contributed by atoms with Gasteiger partial charge in [0.1, 0.15) is 6.10 Å². The summed E-state index contributed by atoms with van der Waals surface area (Å²) in [5, 5.41) is 0. The van der Waals surface area contributed by atoms with Crippen LogP contribution in [0.15, 0.2) is 0 Å². The molecule has 0 N–H and O–H groups in total. The molecule has 2 saturated carbocycles. The van der Waals surface area contributed by atoms with Crippen LogP contribution in [-0.4, -0.2) is 17.8 Å². The van der Waals surface area contributed by atoms with E-state index in [1.807, 2.05) is 0 Å². The fraction of sp³-hybridized carbons (Fsp3) is 0.929. The first-order valence-electron chi connectivity index (χ1n) is 6.83. The Morgan fingerprint density at radius 3 is 2.29 bits per heavy atom. The van der Waals surface area contributed by atoms with Crippen molar-refractivity contribution in [3.8, 4) is 0 Å². The van der Waals surface area contributed by atoms with Crippen LogP contribution in [0.4, 0.5) is 0 Å². The van der Waals surface area contributed by atoms with Crippen molar-refractivity contribution in [2.75, 3.05) is 5.75 Å². The highest BCUT2D eigenvalue weighted by atomic mass is 32.1. The second kappa shape index (κ2) is 5.21. The molecule has 0 amide bonds. The van der Waals surface area contributed by atoms with Crippen molar-refractivity contribution < 1.29 is 9.53 Å². The van der Waals surface area contributed by atoms with E-state index < -0.39 is 0 Å². The van der Waals surface area contributed by atoms with Crippen LogP contribution in [-0.2, 0) is 9.53 Å². The van der Waals surface area contributed by atoms with Gasteiger partial charge in [-0.25, -0.2) is 0 Å². The summed E-state index contributed by atoms with van der Waals surface area (Å²) in [5.41, 5.74) is 0.187. The highest BCUT2D eigenvalue weighted by Crippen LogP contribution is 2.49. The molecular formula is C14H24O2S. The van der Waals surface area contributed by atoms with Crippen LogP contribution >= 0.6 is 12.6 Å². The van der Waals surface area contributed by atoms with Crippen LogP contribution in [0, 0.1) is 17.3 Å². The fourth-order valence-electron chi connectivity index (χ4n) is 3.07. The molecule has 17 heavy (non-hydrogen) atoms. The van der Waals surface area contributed by atoms with Crippen LogP contribution in [0.3, 0.4) is 0 Å². The zero-order chi connectivity index (χ0) is 12.5. The summed E-state index contributed by atoms with van der Waals surface area (Å²) in [7, 11) is 0. The average Bonchev–Trinajstić information content (AvgIpc) is 2.96. The third kappa shape index (κ3) is 3.64. The summed E-state index contributed by atoms with van der Waals surface area (Å²) in [6, 6.07) is 0. The smallest absolute Gasteiger partial charge is 0.306 e. The van der Waals surface area contributed by atoms with Gasteiger partial charge in [0.2, 0.25) is 0 Å². The Kier molecular flexibility index (Phi) is 4.06. The Labute approximate surface area is 110 Å². The predicted octanol–water partition coefficient (Wildman–Crippen LogP) is 3.45. The first kappa shape index (κ1) is 13.3. The molecule has 98 valence electrons. The maximum atomic E-state index is 11.9. The lowest BCUT2D eigenvalue weighted by Crippen LogP contribution is -2.29. The van der Waals surface area contributed by atoms with E-state index >= 15 is 0 Å². The second-order valence-corrected chi connectivity index (χ2v) is 6.68. The van der Waals surface area contributed by atoms with Gasteiger partial charge in [-0.1, -0.05) is 13.8 Å². The number of hydrogen-bond acceptors (Lipinski definition) is 3. The number of rotatable bonds is 4. The van der Waals surface area contributed by atoms with E-state index in [4.69, 9.17) is 4.74 Å². The number of esters is 1. The van der Waals surface area contributed by atoms with Gasteiger partial charge in [-0.15, -0.1) is 0 Å². The van der Waals surface area contributed by atoms with Gasteiger partial charge in [-0.2, -0.15) is 12.6 Å². The first-order valence-corrected chi connectivity index (χ1v) is 7.46. The fourth-order valence-corrected chi connectivity index (χ4v) is 3.50. The molecule has 2 aliphatic carbocycles. The van der Waals surface area contributed by atoms with Gasteiger partial charge in [0.25, 0.3) is 0 Å². The molecule has 2 rings (SSSR count). The minimum atomic E-state index is 0.00264. The van der Waals surface area contributed by atoms with Gasteiger partial charge >= 0.3 is 5.97 Å². The normalized spacial score (nSPS) is 35.4. The molecule has 0 radical (unpaired) electrons. The maximum Gasteiger partial charge on any atom is 0.306 e. The van der Waals surface area contributed by atoms with Gasteiger partial charge in [-0.05, 0) is 55.1 Å². The molecule has 0 heterocycles. The number of ether oxygens (including phenoxy) is 1. The van der Waals surface area contributed by atoms with Crippen LogP contribution in [0.2, 0.25) is 0 Å². The average molecular weight is 256 g/mol. The molecule has 0 saturated heterocycles. The van der Waals surface area contributed by atoms with Crippen LogP contribution in [0.25, 0.3) is 0 Å².